The zero-order valence-corrected chi connectivity index (χ0v) is 18.5. The van der Waals surface area contributed by atoms with Gasteiger partial charge in [0.1, 0.15) is 0 Å². The van der Waals surface area contributed by atoms with Gasteiger partial charge in [-0.3, -0.25) is 4.98 Å². The molecule has 0 spiro atoms. The molecule has 1 N–H and O–H groups in total. The molecular formula is C25H35N3O2. The van der Waals surface area contributed by atoms with E-state index in [1.165, 1.54) is 67.5 Å². The van der Waals surface area contributed by atoms with Crippen molar-refractivity contribution < 1.29 is 9.47 Å². The smallest absolute Gasteiger partial charge is 0.163 e. The molecule has 1 atom stereocenters. The molecule has 2 fully saturated rings. The average molecular weight is 410 g/mol. The van der Waals surface area contributed by atoms with Crippen molar-refractivity contribution in [2.45, 2.75) is 51.9 Å². The monoisotopic (exact) mass is 409 g/mol. The molecule has 2 heterocycles. The van der Waals surface area contributed by atoms with Crippen LogP contribution >= 0.6 is 0 Å². The first-order valence-electron chi connectivity index (χ1n) is 11.8. The summed E-state index contributed by atoms with van der Waals surface area (Å²) in [7, 11) is 1.74. The maximum Gasteiger partial charge on any atom is 0.163 e. The van der Waals surface area contributed by atoms with E-state index in [0.29, 0.717) is 12.5 Å². The van der Waals surface area contributed by atoms with Crippen molar-refractivity contribution in [2.24, 2.45) is 11.8 Å². The van der Waals surface area contributed by atoms with E-state index in [-0.39, 0.29) is 0 Å². The molecule has 5 heteroatoms. The molecule has 30 heavy (non-hydrogen) atoms. The Morgan fingerprint density at radius 3 is 2.73 bits per heavy atom. The van der Waals surface area contributed by atoms with Crippen LogP contribution < -0.4 is 14.8 Å². The standard InChI is InChI=1S/C25H35N3O2/c1-17(15-28-10-3-4-11-28)16-30-24-13-22-20(12-23(24)29-2)25(26-14-18-8-9-18)19-6-5-7-21(19)27-22/h12-13,17-18H,3-11,14-16H2,1-2H3,(H,26,27)/t17-/m1/s1. The van der Waals surface area contributed by atoms with Gasteiger partial charge in [0, 0.05) is 41.8 Å². The molecule has 162 valence electrons. The second-order valence-corrected chi connectivity index (χ2v) is 9.53. The first-order chi connectivity index (χ1) is 14.7. The van der Waals surface area contributed by atoms with E-state index in [0.717, 1.165) is 48.9 Å². The second-order valence-electron chi connectivity index (χ2n) is 9.53. The van der Waals surface area contributed by atoms with Gasteiger partial charge in [-0.2, -0.15) is 0 Å². The molecule has 1 aliphatic heterocycles. The maximum atomic E-state index is 6.26. The quantitative estimate of drug-likeness (QED) is 0.652. The predicted molar refractivity (Wildman–Crippen MR) is 122 cm³/mol. The van der Waals surface area contributed by atoms with Crippen LogP contribution in [0.5, 0.6) is 11.5 Å². The number of benzene rings is 1. The van der Waals surface area contributed by atoms with E-state index in [2.05, 4.69) is 29.3 Å². The van der Waals surface area contributed by atoms with Crippen LogP contribution in [0.4, 0.5) is 5.69 Å². The lowest BCUT2D eigenvalue weighted by molar-refractivity contribution is 0.201. The molecular weight excluding hydrogens is 374 g/mol. The fraction of sp³-hybridized carbons (Fsp3) is 0.640. The van der Waals surface area contributed by atoms with Gasteiger partial charge in [-0.1, -0.05) is 6.92 Å². The molecule has 5 rings (SSSR count). The molecule has 1 saturated heterocycles. The molecule has 5 nitrogen and oxygen atoms in total. The summed E-state index contributed by atoms with van der Waals surface area (Å²) in [5.74, 6) is 2.96. The fourth-order valence-corrected chi connectivity index (χ4v) is 5.00. The van der Waals surface area contributed by atoms with E-state index in [1.54, 1.807) is 7.11 Å². The Hall–Kier alpha value is -2.01. The highest BCUT2D eigenvalue weighted by Crippen LogP contribution is 2.40. The van der Waals surface area contributed by atoms with Gasteiger partial charge in [-0.25, -0.2) is 0 Å². The van der Waals surface area contributed by atoms with Crippen molar-refractivity contribution in [1.29, 1.82) is 0 Å². The molecule has 0 amide bonds. The van der Waals surface area contributed by atoms with E-state index >= 15 is 0 Å². The third kappa shape index (κ3) is 4.22. The number of nitrogens with one attached hydrogen (secondary N) is 1. The van der Waals surface area contributed by atoms with Crippen molar-refractivity contribution in [3.63, 3.8) is 0 Å². The van der Waals surface area contributed by atoms with Gasteiger partial charge in [0.2, 0.25) is 0 Å². The molecule has 1 saturated carbocycles. The lowest BCUT2D eigenvalue weighted by Crippen LogP contribution is -2.28. The van der Waals surface area contributed by atoms with Crippen molar-refractivity contribution in [2.75, 3.05) is 45.2 Å². The highest BCUT2D eigenvalue weighted by atomic mass is 16.5. The largest absolute Gasteiger partial charge is 0.493 e. The minimum atomic E-state index is 0.493. The van der Waals surface area contributed by atoms with Crippen molar-refractivity contribution >= 4 is 16.6 Å². The van der Waals surface area contributed by atoms with Crippen molar-refractivity contribution in [1.82, 2.24) is 9.88 Å². The number of aryl methyl sites for hydroxylation is 1. The topological polar surface area (TPSA) is 46.6 Å². The van der Waals surface area contributed by atoms with Gasteiger partial charge >= 0.3 is 0 Å². The Bertz CT molecular complexity index is 903. The summed E-state index contributed by atoms with van der Waals surface area (Å²) in [4.78, 5) is 7.57. The van der Waals surface area contributed by atoms with Gasteiger partial charge in [0.15, 0.2) is 11.5 Å². The maximum absolute atomic E-state index is 6.26. The average Bonchev–Trinajstić information content (AvgIpc) is 3.21. The van der Waals surface area contributed by atoms with Gasteiger partial charge in [0.05, 0.1) is 19.2 Å². The van der Waals surface area contributed by atoms with Gasteiger partial charge in [-0.05, 0) is 75.6 Å². The van der Waals surface area contributed by atoms with Gasteiger partial charge in [-0.15, -0.1) is 0 Å². The molecule has 2 aromatic rings. The number of nitrogens with zero attached hydrogens (tertiary/aromatic N) is 2. The summed E-state index contributed by atoms with van der Waals surface area (Å²) in [6.45, 7) is 7.62. The molecule has 0 unspecified atom stereocenters. The van der Waals surface area contributed by atoms with Crippen LogP contribution in [-0.4, -0.2) is 49.8 Å². The summed E-state index contributed by atoms with van der Waals surface area (Å²) in [6, 6.07) is 4.23. The number of fused-ring (bicyclic) bond motifs is 2. The number of hydrogen-bond acceptors (Lipinski definition) is 5. The molecule has 0 radical (unpaired) electrons. The summed E-state index contributed by atoms with van der Waals surface area (Å²) in [6.07, 6.45) is 8.78. The summed E-state index contributed by atoms with van der Waals surface area (Å²) in [5, 5.41) is 4.94. The van der Waals surface area contributed by atoms with Crippen LogP contribution in [0, 0.1) is 11.8 Å². The van der Waals surface area contributed by atoms with Crippen LogP contribution in [0.3, 0.4) is 0 Å². The van der Waals surface area contributed by atoms with Crippen molar-refractivity contribution in [3.05, 3.63) is 23.4 Å². The Balaban J connectivity index is 1.39. The zero-order valence-electron chi connectivity index (χ0n) is 18.5. The fourth-order valence-electron chi connectivity index (χ4n) is 5.00. The molecule has 1 aromatic carbocycles. The minimum absolute atomic E-state index is 0.493. The zero-order chi connectivity index (χ0) is 20.5. The number of ether oxygens (including phenoxy) is 2. The number of anilines is 1. The number of pyridine rings is 1. The molecule has 3 aliphatic rings. The van der Waals surface area contributed by atoms with Crippen LogP contribution in [0.25, 0.3) is 10.9 Å². The second kappa shape index (κ2) is 8.62. The predicted octanol–water partition coefficient (Wildman–Crippen LogP) is 4.66. The number of hydrogen-bond donors (Lipinski definition) is 1. The highest BCUT2D eigenvalue weighted by molar-refractivity contribution is 5.96. The first-order valence-corrected chi connectivity index (χ1v) is 11.8. The highest BCUT2D eigenvalue weighted by Gasteiger charge is 2.25. The van der Waals surface area contributed by atoms with Crippen molar-refractivity contribution in [3.8, 4) is 11.5 Å². The van der Waals surface area contributed by atoms with Crippen LogP contribution in [-0.2, 0) is 12.8 Å². The minimum Gasteiger partial charge on any atom is -0.493 e. The summed E-state index contributed by atoms with van der Waals surface area (Å²) < 4.78 is 12.0. The van der Waals surface area contributed by atoms with Gasteiger partial charge in [0.25, 0.3) is 0 Å². The lowest BCUT2D eigenvalue weighted by Gasteiger charge is -2.21. The van der Waals surface area contributed by atoms with E-state index < -0.39 is 0 Å². The normalized spacial score (nSPS) is 19.8. The van der Waals surface area contributed by atoms with E-state index in [1.807, 2.05) is 0 Å². The van der Waals surface area contributed by atoms with E-state index in [4.69, 9.17) is 14.5 Å². The molecule has 0 bridgehead atoms. The number of likely N-dealkylation sites (tertiary alicyclic amines) is 1. The Morgan fingerprint density at radius 2 is 1.97 bits per heavy atom. The van der Waals surface area contributed by atoms with Crippen LogP contribution in [0.15, 0.2) is 12.1 Å². The van der Waals surface area contributed by atoms with Crippen LogP contribution in [0.1, 0.15) is 50.3 Å². The van der Waals surface area contributed by atoms with E-state index in [9.17, 15) is 0 Å². The lowest BCUT2D eigenvalue weighted by atomic mass is 10.1. The summed E-state index contributed by atoms with van der Waals surface area (Å²) >= 11 is 0. The third-order valence-electron chi connectivity index (χ3n) is 6.85. The Labute approximate surface area is 180 Å². The Kier molecular flexibility index (Phi) is 5.72. The number of rotatable bonds is 9. The Morgan fingerprint density at radius 1 is 1.13 bits per heavy atom. The summed E-state index contributed by atoms with van der Waals surface area (Å²) in [5.41, 5.74) is 4.99. The third-order valence-corrected chi connectivity index (χ3v) is 6.85. The molecule has 1 aromatic heterocycles. The number of aromatic nitrogens is 1. The molecule has 2 aliphatic carbocycles. The SMILES string of the molecule is COc1cc2c(NCC3CC3)c3c(nc2cc1OC[C@H](C)CN1CCCC1)CCC3. The van der Waals surface area contributed by atoms with Crippen LogP contribution in [0.2, 0.25) is 0 Å². The first kappa shape index (κ1) is 19.9. The number of methoxy groups -OCH3 is 1. The van der Waals surface area contributed by atoms with Gasteiger partial charge < -0.3 is 19.7 Å².